The number of fused-ring (bicyclic) bond motifs is 4. The summed E-state index contributed by atoms with van der Waals surface area (Å²) >= 11 is 0. The second-order valence-electron chi connectivity index (χ2n) is 10.8. The number of ether oxygens (including phenoxy) is 1. The van der Waals surface area contributed by atoms with Crippen molar-refractivity contribution in [3.63, 3.8) is 0 Å². The number of benzene rings is 1. The highest BCUT2D eigenvalue weighted by molar-refractivity contribution is 5.30. The average Bonchev–Trinajstić information content (AvgIpc) is 2.91. The van der Waals surface area contributed by atoms with Gasteiger partial charge in [0.25, 0.3) is 5.56 Å². The number of pyridine rings is 2. The fourth-order valence-electron chi connectivity index (χ4n) is 6.40. The van der Waals surface area contributed by atoms with Crippen LogP contribution >= 0.6 is 0 Å². The van der Waals surface area contributed by atoms with Gasteiger partial charge in [0.15, 0.2) is 5.75 Å². The molecule has 37 heavy (non-hydrogen) atoms. The number of hydrogen-bond donors (Lipinski definition) is 1. The van der Waals surface area contributed by atoms with E-state index in [0.717, 1.165) is 49.6 Å². The van der Waals surface area contributed by atoms with Gasteiger partial charge in [0.2, 0.25) is 5.43 Å². The van der Waals surface area contributed by atoms with Crippen molar-refractivity contribution < 1.29 is 9.84 Å². The zero-order chi connectivity index (χ0) is 25.5. The molecule has 2 saturated heterocycles. The van der Waals surface area contributed by atoms with E-state index in [4.69, 9.17) is 4.74 Å². The highest BCUT2D eigenvalue weighted by atomic mass is 16.5. The smallest absolute Gasteiger partial charge is 0.250 e. The van der Waals surface area contributed by atoms with E-state index < -0.39 is 0 Å². The number of nitrogens with zero attached hydrogens (tertiary/aromatic N) is 4. The molecule has 0 unspecified atom stereocenters. The van der Waals surface area contributed by atoms with Gasteiger partial charge in [0.1, 0.15) is 0 Å². The molecule has 0 spiro atoms. The van der Waals surface area contributed by atoms with Gasteiger partial charge in [-0.25, -0.2) is 0 Å². The highest BCUT2D eigenvalue weighted by Gasteiger charge is 2.35. The second-order valence-corrected chi connectivity index (χ2v) is 10.8. The molecule has 3 aliphatic rings. The van der Waals surface area contributed by atoms with E-state index in [-0.39, 0.29) is 22.8 Å². The SMILES string of the molecule is Cn1c(CN2C[C@@H]3C[C@H](C2)c2cccc(=O)n2C3)cc(=O)c(O)c1CN1CCO[C@H](c2ccccc2)C1. The zero-order valence-corrected chi connectivity index (χ0v) is 21.3. The summed E-state index contributed by atoms with van der Waals surface area (Å²) in [5.74, 6) is 0.569. The van der Waals surface area contributed by atoms with Crippen LogP contribution in [0.1, 0.15) is 41.1 Å². The number of aromatic hydroxyl groups is 1. The van der Waals surface area contributed by atoms with E-state index in [0.29, 0.717) is 43.8 Å². The molecule has 6 rings (SSSR count). The Morgan fingerprint density at radius 2 is 1.78 bits per heavy atom. The summed E-state index contributed by atoms with van der Waals surface area (Å²) in [7, 11) is 1.94. The van der Waals surface area contributed by atoms with Gasteiger partial charge in [-0.15, -0.1) is 0 Å². The molecule has 8 heteroatoms. The standard InChI is InChI=1S/C29H34N4O4/c1-30-23(17-32-14-20-12-22(16-32)24-8-5-9-28(35)33(24)15-20)13-26(34)29(36)25(30)18-31-10-11-37-27(19-31)21-6-3-2-4-7-21/h2-9,13,20,22,27,36H,10-12,14-19H2,1H3/t20-,22+,27-/m0/s1. The van der Waals surface area contributed by atoms with Crippen LogP contribution < -0.4 is 11.0 Å². The minimum atomic E-state index is -0.329. The topological polar surface area (TPSA) is 79.9 Å². The predicted octanol–water partition coefficient (Wildman–Crippen LogP) is 2.45. The summed E-state index contributed by atoms with van der Waals surface area (Å²) in [5, 5.41) is 10.8. The van der Waals surface area contributed by atoms with Crippen molar-refractivity contribution in [1.29, 1.82) is 0 Å². The molecule has 8 nitrogen and oxygen atoms in total. The average molecular weight is 503 g/mol. The Morgan fingerprint density at radius 3 is 2.62 bits per heavy atom. The number of likely N-dealkylation sites (tertiary alicyclic amines) is 1. The first-order valence-corrected chi connectivity index (χ1v) is 13.2. The van der Waals surface area contributed by atoms with E-state index in [9.17, 15) is 14.7 Å². The third kappa shape index (κ3) is 4.77. The normalized spacial score (nSPS) is 24.1. The van der Waals surface area contributed by atoms with Crippen LogP contribution in [0.2, 0.25) is 0 Å². The van der Waals surface area contributed by atoms with Crippen LogP contribution in [-0.4, -0.2) is 56.8 Å². The van der Waals surface area contributed by atoms with Crippen LogP contribution in [0.3, 0.4) is 0 Å². The van der Waals surface area contributed by atoms with Crippen LogP contribution in [0.25, 0.3) is 0 Å². The Bertz CT molecular complexity index is 1400. The number of piperidine rings is 1. The van der Waals surface area contributed by atoms with Crippen molar-refractivity contribution in [2.24, 2.45) is 13.0 Å². The van der Waals surface area contributed by atoms with Crippen LogP contribution in [0, 0.1) is 5.92 Å². The van der Waals surface area contributed by atoms with E-state index >= 15 is 0 Å². The molecule has 1 N–H and O–H groups in total. The molecule has 0 saturated carbocycles. The van der Waals surface area contributed by atoms with Crippen LogP contribution in [0.4, 0.5) is 0 Å². The summed E-state index contributed by atoms with van der Waals surface area (Å²) in [5.41, 5.74) is 3.56. The maximum atomic E-state index is 12.8. The van der Waals surface area contributed by atoms with Gasteiger partial charge >= 0.3 is 0 Å². The fourth-order valence-corrected chi connectivity index (χ4v) is 6.40. The number of hydrogen-bond acceptors (Lipinski definition) is 6. The van der Waals surface area contributed by atoms with Crippen molar-refractivity contribution in [3.8, 4) is 5.75 Å². The molecule has 0 aliphatic carbocycles. The third-order valence-corrected chi connectivity index (χ3v) is 8.28. The van der Waals surface area contributed by atoms with Gasteiger partial charge < -0.3 is 19.0 Å². The largest absolute Gasteiger partial charge is 0.503 e. The summed E-state index contributed by atoms with van der Waals surface area (Å²) in [6.45, 7) is 5.68. The molecular formula is C29H34N4O4. The van der Waals surface area contributed by atoms with Gasteiger partial charge in [0, 0.05) is 82.3 Å². The summed E-state index contributed by atoms with van der Waals surface area (Å²) in [6.07, 6.45) is 1.07. The van der Waals surface area contributed by atoms with E-state index in [1.807, 2.05) is 40.4 Å². The van der Waals surface area contributed by atoms with Crippen molar-refractivity contribution in [2.75, 3.05) is 32.8 Å². The minimum Gasteiger partial charge on any atom is -0.503 e. The third-order valence-electron chi connectivity index (χ3n) is 8.28. The van der Waals surface area contributed by atoms with Crippen LogP contribution in [-0.2, 0) is 31.4 Å². The molecule has 5 heterocycles. The van der Waals surface area contributed by atoms with E-state index in [1.165, 1.54) is 0 Å². The number of rotatable bonds is 5. The lowest BCUT2D eigenvalue weighted by Crippen LogP contribution is -2.47. The lowest BCUT2D eigenvalue weighted by molar-refractivity contribution is -0.0338. The molecule has 3 atom stereocenters. The first-order chi connectivity index (χ1) is 18.0. The lowest BCUT2D eigenvalue weighted by atomic mass is 9.83. The summed E-state index contributed by atoms with van der Waals surface area (Å²) < 4.78 is 9.94. The van der Waals surface area contributed by atoms with Gasteiger partial charge in [0.05, 0.1) is 18.4 Å². The van der Waals surface area contributed by atoms with E-state index in [2.05, 4.69) is 28.0 Å². The summed E-state index contributed by atoms with van der Waals surface area (Å²) in [4.78, 5) is 29.8. The molecule has 2 aromatic heterocycles. The number of morpholine rings is 1. The first kappa shape index (κ1) is 24.2. The van der Waals surface area contributed by atoms with Crippen molar-refractivity contribution in [3.05, 3.63) is 97.8 Å². The molecule has 2 bridgehead atoms. The quantitative estimate of drug-likeness (QED) is 0.578. The Morgan fingerprint density at radius 1 is 0.946 bits per heavy atom. The van der Waals surface area contributed by atoms with E-state index in [1.54, 1.807) is 12.1 Å². The molecule has 2 fully saturated rings. The Hall–Kier alpha value is -3.20. The molecular weight excluding hydrogens is 468 g/mol. The maximum Gasteiger partial charge on any atom is 0.250 e. The minimum absolute atomic E-state index is 0.0274. The lowest BCUT2D eigenvalue weighted by Gasteiger charge is -2.43. The molecule has 0 amide bonds. The molecule has 194 valence electrons. The Balaban J connectivity index is 1.21. The highest BCUT2D eigenvalue weighted by Crippen LogP contribution is 2.35. The Labute approximate surface area is 216 Å². The molecule has 3 aliphatic heterocycles. The molecule has 3 aromatic rings. The van der Waals surface area contributed by atoms with Gasteiger partial charge in [-0.1, -0.05) is 36.4 Å². The van der Waals surface area contributed by atoms with Crippen molar-refractivity contribution >= 4 is 0 Å². The molecule has 1 aromatic carbocycles. The maximum absolute atomic E-state index is 12.8. The fraction of sp³-hybridized carbons (Fsp3) is 0.448. The summed E-state index contributed by atoms with van der Waals surface area (Å²) in [6, 6.07) is 17.3. The van der Waals surface area contributed by atoms with Gasteiger partial charge in [-0.3, -0.25) is 19.4 Å². The molecule has 0 radical (unpaired) electrons. The van der Waals surface area contributed by atoms with Gasteiger partial charge in [-0.05, 0) is 24.0 Å². The van der Waals surface area contributed by atoms with Crippen molar-refractivity contribution in [2.45, 2.75) is 38.1 Å². The zero-order valence-electron chi connectivity index (χ0n) is 21.3. The van der Waals surface area contributed by atoms with Crippen molar-refractivity contribution in [1.82, 2.24) is 18.9 Å². The monoisotopic (exact) mass is 502 g/mol. The first-order valence-electron chi connectivity index (χ1n) is 13.2. The van der Waals surface area contributed by atoms with Crippen LogP contribution in [0.15, 0.2) is 64.2 Å². The second kappa shape index (κ2) is 9.93. The van der Waals surface area contributed by atoms with Crippen LogP contribution in [0.5, 0.6) is 5.75 Å². The predicted molar refractivity (Wildman–Crippen MR) is 141 cm³/mol. The van der Waals surface area contributed by atoms with Gasteiger partial charge in [-0.2, -0.15) is 0 Å². The number of aromatic nitrogens is 2. The Kier molecular flexibility index (Phi) is 6.48.